The second kappa shape index (κ2) is 7.14. The third-order valence-corrected chi connectivity index (χ3v) is 5.39. The van der Waals surface area contributed by atoms with Gasteiger partial charge in [0.1, 0.15) is 6.04 Å². The van der Waals surface area contributed by atoms with Gasteiger partial charge in [-0.05, 0) is 18.1 Å². The van der Waals surface area contributed by atoms with E-state index in [0.29, 0.717) is 13.1 Å². The number of nitro groups is 1. The maximum absolute atomic E-state index is 12.9. The fraction of sp³-hybridized carbons (Fsp3) is 0.300. The van der Waals surface area contributed by atoms with Gasteiger partial charge in [0, 0.05) is 25.2 Å². The second-order valence-corrected chi connectivity index (χ2v) is 6.96. The lowest BCUT2D eigenvalue weighted by Gasteiger charge is -2.24. The first kappa shape index (κ1) is 18.3. The Morgan fingerprint density at radius 2 is 1.71 bits per heavy atom. The number of imide groups is 1. The van der Waals surface area contributed by atoms with E-state index >= 15 is 0 Å². The molecule has 3 atom stereocenters. The van der Waals surface area contributed by atoms with E-state index in [1.807, 2.05) is 35.3 Å². The molecule has 8 heteroatoms. The molecule has 2 aromatic carbocycles. The van der Waals surface area contributed by atoms with Crippen LogP contribution in [0.2, 0.25) is 0 Å². The summed E-state index contributed by atoms with van der Waals surface area (Å²) in [5.74, 6) is -0.966. The molecular formula is C20H20N4O4. The summed E-state index contributed by atoms with van der Waals surface area (Å²) in [5.41, 5.74) is 5.06. The highest BCUT2D eigenvalue weighted by Gasteiger charge is 2.58. The summed E-state index contributed by atoms with van der Waals surface area (Å²) in [6.07, 6.45) is 0. The van der Waals surface area contributed by atoms with Crippen molar-refractivity contribution in [3.05, 3.63) is 75.8 Å². The van der Waals surface area contributed by atoms with E-state index in [2.05, 4.69) is 5.43 Å². The summed E-state index contributed by atoms with van der Waals surface area (Å²) < 4.78 is 0. The van der Waals surface area contributed by atoms with Crippen molar-refractivity contribution in [2.24, 2.45) is 5.92 Å². The number of benzene rings is 2. The molecule has 144 valence electrons. The number of fused-ring (bicyclic) bond motifs is 1. The van der Waals surface area contributed by atoms with Crippen molar-refractivity contribution in [1.82, 2.24) is 15.3 Å². The molecule has 0 unspecified atom stereocenters. The number of nitrogens with zero attached hydrogens (tertiary/aromatic N) is 3. The maximum Gasteiger partial charge on any atom is 0.269 e. The number of carbonyl (C=O) groups is 2. The molecule has 0 bridgehead atoms. The Morgan fingerprint density at radius 1 is 1.04 bits per heavy atom. The lowest BCUT2D eigenvalue weighted by molar-refractivity contribution is -0.384. The van der Waals surface area contributed by atoms with E-state index in [1.165, 1.54) is 17.0 Å². The van der Waals surface area contributed by atoms with Gasteiger partial charge in [-0.3, -0.25) is 24.6 Å². The van der Waals surface area contributed by atoms with Gasteiger partial charge in [0.2, 0.25) is 11.8 Å². The number of hydrogen-bond donors (Lipinski definition) is 1. The van der Waals surface area contributed by atoms with Crippen molar-refractivity contribution in [3.63, 3.8) is 0 Å². The molecule has 0 saturated carbocycles. The highest BCUT2D eigenvalue weighted by atomic mass is 16.6. The maximum atomic E-state index is 12.9. The van der Waals surface area contributed by atoms with E-state index < -0.39 is 22.9 Å². The van der Waals surface area contributed by atoms with Crippen molar-refractivity contribution >= 4 is 17.5 Å². The van der Waals surface area contributed by atoms with Crippen molar-refractivity contribution in [2.75, 3.05) is 6.54 Å². The first-order chi connectivity index (χ1) is 13.5. The van der Waals surface area contributed by atoms with Gasteiger partial charge in [0.05, 0.1) is 16.9 Å². The summed E-state index contributed by atoms with van der Waals surface area (Å²) in [6, 6.07) is 14.8. The number of likely N-dealkylation sites (tertiary alicyclic amines) is 1. The zero-order valence-corrected chi connectivity index (χ0v) is 15.3. The Bertz CT molecular complexity index is 916. The molecule has 2 saturated heterocycles. The van der Waals surface area contributed by atoms with Crippen LogP contribution in [0.15, 0.2) is 54.6 Å². The number of non-ortho nitro benzene ring substituents is 1. The fourth-order valence-corrected chi connectivity index (χ4v) is 4.05. The molecule has 0 aromatic heterocycles. The van der Waals surface area contributed by atoms with Crippen molar-refractivity contribution < 1.29 is 14.5 Å². The third-order valence-electron chi connectivity index (χ3n) is 5.39. The predicted octanol–water partition coefficient (Wildman–Crippen LogP) is 2.03. The minimum Gasteiger partial charge on any atom is -0.281 e. The van der Waals surface area contributed by atoms with Crippen LogP contribution in [-0.2, 0) is 16.1 Å². The van der Waals surface area contributed by atoms with Crippen LogP contribution in [0.4, 0.5) is 5.69 Å². The molecule has 0 spiro atoms. The van der Waals surface area contributed by atoms with Gasteiger partial charge in [-0.25, -0.2) is 10.4 Å². The zero-order valence-electron chi connectivity index (χ0n) is 15.3. The Morgan fingerprint density at radius 3 is 2.32 bits per heavy atom. The molecular weight excluding hydrogens is 360 g/mol. The highest BCUT2D eigenvalue weighted by molar-refractivity contribution is 6.07. The number of nitro benzene ring substituents is 1. The molecule has 8 nitrogen and oxygen atoms in total. The number of likely N-dealkylation sites (N-methyl/N-ethyl adjacent to an activating group) is 1. The van der Waals surface area contributed by atoms with E-state index in [1.54, 1.807) is 19.1 Å². The van der Waals surface area contributed by atoms with E-state index in [4.69, 9.17) is 0 Å². The number of carbonyl (C=O) groups excluding carboxylic acids is 2. The quantitative estimate of drug-likeness (QED) is 0.484. The Hall–Kier alpha value is -3.10. The molecule has 1 N–H and O–H groups in total. The Balaban J connectivity index is 1.68. The number of hydrazine groups is 1. The minimum absolute atomic E-state index is 0.0107. The number of hydrogen-bond acceptors (Lipinski definition) is 6. The van der Waals surface area contributed by atoms with Gasteiger partial charge < -0.3 is 0 Å². The fourth-order valence-electron chi connectivity index (χ4n) is 4.05. The highest BCUT2D eigenvalue weighted by Crippen LogP contribution is 2.40. The molecule has 2 aliphatic heterocycles. The largest absolute Gasteiger partial charge is 0.281 e. The van der Waals surface area contributed by atoms with Crippen LogP contribution in [0.1, 0.15) is 24.1 Å². The van der Waals surface area contributed by atoms with Crippen LogP contribution in [0.3, 0.4) is 0 Å². The molecule has 4 rings (SSSR count). The van der Waals surface area contributed by atoms with Gasteiger partial charge in [0.25, 0.3) is 5.69 Å². The van der Waals surface area contributed by atoms with Crippen LogP contribution in [0, 0.1) is 16.0 Å². The SMILES string of the molecule is CCN1C(=O)[C@@H]2[C@@H](C1=O)N(Cc1ccccc1)N[C@H]2c1ccc([N+](=O)[O-])cc1. The topological polar surface area (TPSA) is 95.8 Å². The van der Waals surface area contributed by atoms with Gasteiger partial charge in [0.15, 0.2) is 0 Å². The summed E-state index contributed by atoms with van der Waals surface area (Å²) in [7, 11) is 0. The van der Waals surface area contributed by atoms with E-state index in [-0.39, 0.29) is 17.5 Å². The minimum atomic E-state index is -0.590. The molecule has 2 fully saturated rings. The van der Waals surface area contributed by atoms with Crippen LogP contribution in [0.25, 0.3) is 0 Å². The monoisotopic (exact) mass is 380 g/mol. The van der Waals surface area contributed by atoms with Gasteiger partial charge in [-0.1, -0.05) is 42.5 Å². The van der Waals surface area contributed by atoms with Crippen LogP contribution in [0.5, 0.6) is 0 Å². The third kappa shape index (κ3) is 2.96. The van der Waals surface area contributed by atoms with Gasteiger partial charge in [-0.15, -0.1) is 0 Å². The van der Waals surface area contributed by atoms with E-state index in [0.717, 1.165) is 11.1 Å². The summed E-state index contributed by atoms with van der Waals surface area (Å²) in [5, 5.41) is 12.7. The molecule has 2 heterocycles. The summed E-state index contributed by atoms with van der Waals surface area (Å²) in [4.78, 5) is 37.6. The van der Waals surface area contributed by atoms with E-state index in [9.17, 15) is 19.7 Å². The first-order valence-electron chi connectivity index (χ1n) is 9.17. The molecule has 0 aliphatic carbocycles. The Labute approximate surface area is 161 Å². The molecule has 2 aliphatic rings. The average Bonchev–Trinajstić information content (AvgIpc) is 3.19. The lowest BCUT2D eigenvalue weighted by atomic mass is 9.91. The summed E-state index contributed by atoms with van der Waals surface area (Å²) in [6.45, 7) is 2.59. The van der Waals surface area contributed by atoms with Crippen LogP contribution >= 0.6 is 0 Å². The van der Waals surface area contributed by atoms with Crippen molar-refractivity contribution in [2.45, 2.75) is 25.6 Å². The standard InChI is InChI=1S/C20H20N4O4/c1-2-22-19(25)16-17(14-8-10-15(11-9-14)24(27)28)21-23(18(16)20(22)26)12-13-6-4-3-5-7-13/h3-11,16-18,21H,2,12H2,1H3/t16-,17-,18-/m0/s1. The number of rotatable bonds is 5. The second-order valence-electron chi connectivity index (χ2n) is 6.96. The molecule has 0 radical (unpaired) electrons. The van der Waals surface area contributed by atoms with Crippen molar-refractivity contribution in [3.8, 4) is 0 Å². The molecule has 2 aromatic rings. The van der Waals surface area contributed by atoms with Gasteiger partial charge >= 0.3 is 0 Å². The number of amides is 2. The van der Waals surface area contributed by atoms with Crippen LogP contribution in [-0.4, -0.2) is 39.2 Å². The molecule has 2 amide bonds. The lowest BCUT2D eigenvalue weighted by Crippen LogP contribution is -2.44. The zero-order chi connectivity index (χ0) is 19.8. The number of nitrogens with one attached hydrogen (secondary N) is 1. The first-order valence-corrected chi connectivity index (χ1v) is 9.17. The Kier molecular flexibility index (Phi) is 4.66. The average molecular weight is 380 g/mol. The normalized spacial score (nSPS) is 24.6. The predicted molar refractivity (Wildman–Crippen MR) is 101 cm³/mol. The summed E-state index contributed by atoms with van der Waals surface area (Å²) >= 11 is 0. The van der Waals surface area contributed by atoms with Crippen molar-refractivity contribution in [1.29, 1.82) is 0 Å². The van der Waals surface area contributed by atoms with Crippen LogP contribution < -0.4 is 5.43 Å². The smallest absolute Gasteiger partial charge is 0.269 e. The molecule has 28 heavy (non-hydrogen) atoms. The van der Waals surface area contributed by atoms with Gasteiger partial charge in [-0.2, -0.15) is 0 Å².